The van der Waals surface area contributed by atoms with E-state index in [9.17, 15) is 0 Å². The van der Waals surface area contributed by atoms with E-state index in [1.165, 1.54) is 5.56 Å². The van der Waals surface area contributed by atoms with E-state index >= 15 is 0 Å². The van der Waals surface area contributed by atoms with Crippen molar-refractivity contribution in [1.82, 2.24) is 9.97 Å². The Labute approximate surface area is 107 Å². The molecule has 4 nitrogen and oxygen atoms in total. The van der Waals surface area contributed by atoms with Crippen molar-refractivity contribution in [1.29, 1.82) is 0 Å². The van der Waals surface area contributed by atoms with Gasteiger partial charge in [0.05, 0.1) is 26.1 Å². The van der Waals surface area contributed by atoms with E-state index in [1.54, 1.807) is 20.4 Å². The summed E-state index contributed by atoms with van der Waals surface area (Å²) in [4.78, 5) is 7.23. The molecule has 0 aliphatic carbocycles. The number of nitrogens with one attached hydrogen (secondary N) is 1. The SMILES string of the molecule is COc1ncc(-c2ccc(OC)c(C(C)C)c2)[nH]1. The van der Waals surface area contributed by atoms with Crippen LogP contribution in [0.4, 0.5) is 0 Å². The predicted octanol–water partition coefficient (Wildman–Crippen LogP) is 3.22. The van der Waals surface area contributed by atoms with Crippen molar-refractivity contribution in [3.63, 3.8) is 0 Å². The third-order valence-electron chi connectivity index (χ3n) is 2.91. The van der Waals surface area contributed by atoms with Crippen LogP contribution in [0.5, 0.6) is 11.8 Å². The lowest BCUT2D eigenvalue weighted by Gasteiger charge is -2.12. The van der Waals surface area contributed by atoms with Crippen LogP contribution in [0.1, 0.15) is 25.3 Å². The van der Waals surface area contributed by atoms with Gasteiger partial charge >= 0.3 is 0 Å². The highest BCUT2D eigenvalue weighted by molar-refractivity contribution is 5.62. The van der Waals surface area contributed by atoms with Gasteiger partial charge in [-0.05, 0) is 29.7 Å². The molecule has 0 spiro atoms. The van der Waals surface area contributed by atoms with Crippen LogP contribution in [0.25, 0.3) is 11.3 Å². The van der Waals surface area contributed by atoms with Crippen LogP contribution in [-0.2, 0) is 0 Å². The van der Waals surface area contributed by atoms with Crippen LogP contribution in [-0.4, -0.2) is 24.2 Å². The molecule has 0 aliphatic rings. The zero-order chi connectivity index (χ0) is 13.1. The molecule has 1 heterocycles. The quantitative estimate of drug-likeness (QED) is 0.901. The van der Waals surface area contributed by atoms with Gasteiger partial charge in [0, 0.05) is 5.56 Å². The van der Waals surface area contributed by atoms with Gasteiger partial charge in [0.15, 0.2) is 0 Å². The molecule has 2 aromatic rings. The van der Waals surface area contributed by atoms with Crippen LogP contribution in [0.2, 0.25) is 0 Å². The van der Waals surface area contributed by atoms with Crippen LogP contribution in [0.3, 0.4) is 0 Å². The second-order valence-corrected chi connectivity index (χ2v) is 4.42. The Morgan fingerprint density at radius 1 is 1.17 bits per heavy atom. The van der Waals surface area contributed by atoms with Crippen molar-refractivity contribution in [2.75, 3.05) is 14.2 Å². The Kier molecular flexibility index (Phi) is 3.55. The molecule has 18 heavy (non-hydrogen) atoms. The van der Waals surface area contributed by atoms with Gasteiger partial charge in [-0.1, -0.05) is 13.8 Å². The summed E-state index contributed by atoms with van der Waals surface area (Å²) in [6.07, 6.45) is 1.77. The fourth-order valence-electron chi connectivity index (χ4n) is 1.91. The molecular weight excluding hydrogens is 228 g/mol. The van der Waals surface area contributed by atoms with E-state index in [-0.39, 0.29) is 0 Å². The van der Waals surface area contributed by atoms with E-state index in [0.717, 1.165) is 17.0 Å². The smallest absolute Gasteiger partial charge is 0.293 e. The van der Waals surface area contributed by atoms with Gasteiger partial charge in [-0.15, -0.1) is 0 Å². The first kappa shape index (κ1) is 12.5. The number of aromatic nitrogens is 2. The molecule has 0 saturated heterocycles. The zero-order valence-corrected chi connectivity index (χ0v) is 11.2. The zero-order valence-electron chi connectivity index (χ0n) is 11.2. The molecule has 0 amide bonds. The lowest BCUT2D eigenvalue weighted by molar-refractivity contribution is 0.384. The Balaban J connectivity index is 2.42. The standard InChI is InChI=1S/C14H18N2O2/c1-9(2)11-7-10(5-6-13(11)17-3)12-8-15-14(16-12)18-4/h5-9H,1-4H3,(H,15,16). The molecule has 0 saturated carbocycles. The highest BCUT2D eigenvalue weighted by Gasteiger charge is 2.10. The van der Waals surface area contributed by atoms with Gasteiger partial charge in [-0.3, -0.25) is 0 Å². The number of hydrogen-bond acceptors (Lipinski definition) is 3. The van der Waals surface area contributed by atoms with Crippen LogP contribution >= 0.6 is 0 Å². The highest BCUT2D eigenvalue weighted by atomic mass is 16.5. The topological polar surface area (TPSA) is 47.1 Å². The van der Waals surface area contributed by atoms with E-state index in [2.05, 4.69) is 29.9 Å². The van der Waals surface area contributed by atoms with Crippen molar-refractivity contribution in [3.8, 4) is 23.0 Å². The first-order valence-corrected chi connectivity index (χ1v) is 5.93. The van der Waals surface area contributed by atoms with Gasteiger partial charge in [0.25, 0.3) is 6.01 Å². The van der Waals surface area contributed by atoms with Gasteiger partial charge in [-0.25, -0.2) is 4.98 Å². The van der Waals surface area contributed by atoms with Gasteiger partial charge in [-0.2, -0.15) is 0 Å². The summed E-state index contributed by atoms with van der Waals surface area (Å²) >= 11 is 0. The molecule has 0 unspecified atom stereocenters. The number of imidazole rings is 1. The van der Waals surface area contributed by atoms with Crippen LogP contribution < -0.4 is 9.47 Å². The maximum atomic E-state index is 5.37. The van der Waals surface area contributed by atoms with Gasteiger partial charge < -0.3 is 14.5 Å². The Hall–Kier alpha value is -1.97. The lowest BCUT2D eigenvalue weighted by Crippen LogP contribution is -1.95. The minimum Gasteiger partial charge on any atom is -0.496 e. The highest BCUT2D eigenvalue weighted by Crippen LogP contribution is 2.31. The van der Waals surface area contributed by atoms with Crippen LogP contribution in [0, 0.1) is 0 Å². The molecule has 1 N–H and O–H groups in total. The second-order valence-electron chi connectivity index (χ2n) is 4.42. The maximum Gasteiger partial charge on any atom is 0.293 e. The molecule has 1 aromatic carbocycles. The number of rotatable bonds is 4. The normalized spacial score (nSPS) is 10.7. The third-order valence-corrected chi connectivity index (χ3v) is 2.91. The maximum absolute atomic E-state index is 5.37. The molecule has 0 aliphatic heterocycles. The van der Waals surface area contributed by atoms with Crippen molar-refractivity contribution >= 4 is 0 Å². The molecule has 4 heteroatoms. The average molecular weight is 246 g/mol. The predicted molar refractivity (Wildman–Crippen MR) is 71.2 cm³/mol. The minimum atomic E-state index is 0.407. The molecule has 0 radical (unpaired) electrons. The Bertz CT molecular complexity index is 532. The number of methoxy groups -OCH3 is 2. The van der Waals surface area contributed by atoms with Crippen molar-refractivity contribution in [2.45, 2.75) is 19.8 Å². The van der Waals surface area contributed by atoms with E-state index < -0.39 is 0 Å². The minimum absolute atomic E-state index is 0.407. The van der Waals surface area contributed by atoms with E-state index in [1.807, 2.05) is 12.1 Å². The summed E-state index contributed by atoms with van der Waals surface area (Å²) < 4.78 is 10.4. The van der Waals surface area contributed by atoms with Crippen molar-refractivity contribution in [2.24, 2.45) is 0 Å². The largest absolute Gasteiger partial charge is 0.496 e. The fourth-order valence-corrected chi connectivity index (χ4v) is 1.91. The first-order valence-electron chi connectivity index (χ1n) is 5.93. The molecule has 0 atom stereocenters. The molecular formula is C14H18N2O2. The number of ether oxygens (including phenoxy) is 2. The van der Waals surface area contributed by atoms with Crippen molar-refractivity contribution in [3.05, 3.63) is 30.0 Å². The van der Waals surface area contributed by atoms with Crippen molar-refractivity contribution < 1.29 is 9.47 Å². The van der Waals surface area contributed by atoms with Gasteiger partial charge in [0.1, 0.15) is 5.75 Å². The number of benzene rings is 1. The van der Waals surface area contributed by atoms with E-state index in [0.29, 0.717) is 11.9 Å². The summed E-state index contributed by atoms with van der Waals surface area (Å²) in [7, 11) is 3.29. The molecule has 2 rings (SSSR count). The monoisotopic (exact) mass is 246 g/mol. The number of nitrogens with zero attached hydrogens (tertiary/aromatic N) is 1. The molecule has 0 bridgehead atoms. The first-order chi connectivity index (χ1) is 8.65. The van der Waals surface area contributed by atoms with E-state index in [4.69, 9.17) is 9.47 Å². The summed E-state index contributed by atoms with van der Waals surface area (Å²) in [6, 6.07) is 6.64. The number of H-pyrrole nitrogens is 1. The number of hydrogen-bond donors (Lipinski definition) is 1. The summed E-state index contributed by atoms with van der Waals surface area (Å²) in [6.45, 7) is 4.30. The molecule has 96 valence electrons. The summed E-state index contributed by atoms with van der Waals surface area (Å²) in [5.74, 6) is 1.32. The fraction of sp³-hybridized carbons (Fsp3) is 0.357. The average Bonchev–Trinajstić information content (AvgIpc) is 2.86. The lowest BCUT2D eigenvalue weighted by atomic mass is 9.98. The summed E-state index contributed by atoms with van der Waals surface area (Å²) in [5, 5.41) is 0. The third kappa shape index (κ3) is 2.32. The molecule has 1 aromatic heterocycles. The molecule has 0 fully saturated rings. The summed E-state index contributed by atoms with van der Waals surface area (Å²) in [5.41, 5.74) is 3.20. The Morgan fingerprint density at radius 2 is 1.94 bits per heavy atom. The van der Waals surface area contributed by atoms with Gasteiger partial charge in [0.2, 0.25) is 0 Å². The van der Waals surface area contributed by atoms with Crippen LogP contribution in [0.15, 0.2) is 24.4 Å². The number of aromatic amines is 1. The second kappa shape index (κ2) is 5.12. The Morgan fingerprint density at radius 3 is 2.50 bits per heavy atom.